The fourth-order valence-corrected chi connectivity index (χ4v) is 3.89. The molecule has 0 aliphatic carbocycles. The molecule has 5 rings (SSSR count). The molecule has 146 valence electrons. The van der Waals surface area contributed by atoms with Gasteiger partial charge in [-0.15, -0.1) is 0 Å². The van der Waals surface area contributed by atoms with E-state index in [1.54, 1.807) is 0 Å². The zero-order valence-electron chi connectivity index (χ0n) is 16.5. The summed E-state index contributed by atoms with van der Waals surface area (Å²) in [6, 6.07) is 21.1. The van der Waals surface area contributed by atoms with Crippen LogP contribution in [0.1, 0.15) is 16.8 Å². The highest BCUT2D eigenvalue weighted by Crippen LogP contribution is 2.32. The molecule has 2 aromatic heterocycles. The molecule has 6 nitrogen and oxygen atoms in total. The minimum atomic E-state index is 0.735. The van der Waals surface area contributed by atoms with Crippen LogP contribution in [0, 0.1) is 0 Å². The molecule has 0 bridgehead atoms. The molecular weight excluding hydrogens is 360 g/mol. The van der Waals surface area contributed by atoms with Crippen LogP contribution in [-0.2, 0) is 19.4 Å². The van der Waals surface area contributed by atoms with E-state index in [1.807, 2.05) is 6.07 Å². The van der Waals surface area contributed by atoms with Crippen LogP contribution in [0.25, 0.3) is 11.0 Å². The van der Waals surface area contributed by atoms with Crippen molar-refractivity contribution in [3.05, 3.63) is 77.5 Å². The number of hydrogen-bond donors (Lipinski definition) is 1. The van der Waals surface area contributed by atoms with Gasteiger partial charge in [0.05, 0.1) is 11.1 Å². The van der Waals surface area contributed by atoms with E-state index in [2.05, 4.69) is 81.6 Å². The van der Waals surface area contributed by atoms with Crippen molar-refractivity contribution in [3.8, 4) is 0 Å². The molecule has 1 aliphatic rings. The normalized spacial score (nSPS) is 13.1. The number of hydrogen-bond acceptors (Lipinski definition) is 5. The van der Waals surface area contributed by atoms with Crippen molar-refractivity contribution in [3.63, 3.8) is 0 Å². The molecule has 0 saturated carbocycles. The molecule has 0 spiro atoms. The summed E-state index contributed by atoms with van der Waals surface area (Å²) in [5.41, 5.74) is 4.49. The van der Waals surface area contributed by atoms with Crippen LogP contribution in [0.3, 0.4) is 0 Å². The first-order valence-corrected chi connectivity index (χ1v) is 10.1. The summed E-state index contributed by atoms with van der Waals surface area (Å²) in [4.78, 5) is 14.2. The number of aromatic nitrogens is 4. The van der Waals surface area contributed by atoms with Gasteiger partial charge < -0.3 is 9.80 Å². The van der Waals surface area contributed by atoms with Crippen LogP contribution in [0.4, 0.5) is 11.8 Å². The summed E-state index contributed by atoms with van der Waals surface area (Å²) in [5, 5.41) is 8.67. The van der Waals surface area contributed by atoms with Crippen LogP contribution in [0.2, 0.25) is 0 Å². The standard InChI is InChI=1S/C23H24N6/c1-28(14-12-17-8-4-2-5-9-17)23-24-21-20-19(26-27-21)13-15-29(22(20)25-23)16-18-10-6-3-7-11-18/h2-11H,12-16H2,1H3,(H,24,25,26,27). The molecule has 0 radical (unpaired) electrons. The van der Waals surface area contributed by atoms with E-state index in [0.717, 1.165) is 61.0 Å². The van der Waals surface area contributed by atoms with Gasteiger partial charge in [0.25, 0.3) is 0 Å². The van der Waals surface area contributed by atoms with E-state index in [1.165, 1.54) is 11.1 Å². The molecule has 0 fully saturated rings. The maximum absolute atomic E-state index is 4.97. The quantitative estimate of drug-likeness (QED) is 0.550. The number of H-pyrrole nitrogens is 1. The molecule has 4 aromatic rings. The predicted octanol–water partition coefficient (Wildman–Crippen LogP) is 3.59. The lowest BCUT2D eigenvalue weighted by Gasteiger charge is -2.29. The Hall–Kier alpha value is -3.41. The molecule has 3 heterocycles. The minimum absolute atomic E-state index is 0.735. The Morgan fingerprint density at radius 2 is 1.69 bits per heavy atom. The van der Waals surface area contributed by atoms with E-state index in [0.29, 0.717) is 0 Å². The number of nitrogens with zero attached hydrogens (tertiary/aromatic N) is 5. The van der Waals surface area contributed by atoms with Gasteiger partial charge in [-0.25, -0.2) is 0 Å². The second kappa shape index (κ2) is 7.54. The van der Waals surface area contributed by atoms with Crippen molar-refractivity contribution < 1.29 is 0 Å². The monoisotopic (exact) mass is 384 g/mol. The highest BCUT2D eigenvalue weighted by Gasteiger charge is 2.25. The average molecular weight is 384 g/mol. The van der Waals surface area contributed by atoms with Gasteiger partial charge in [0.1, 0.15) is 5.82 Å². The number of benzene rings is 2. The van der Waals surface area contributed by atoms with Gasteiger partial charge in [-0.3, -0.25) is 5.10 Å². The molecule has 0 amide bonds. The van der Waals surface area contributed by atoms with Crippen LogP contribution in [-0.4, -0.2) is 40.3 Å². The second-order valence-corrected chi connectivity index (χ2v) is 7.56. The average Bonchev–Trinajstić information content (AvgIpc) is 3.19. The Kier molecular flexibility index (Phi) is 4.60. The SMILES string of the molecule is CN(CCc1ccccc1)c1nc2c3c(n[nH]c3n1)CCN2Cc1ccccc1. The van der Waals surface area contributed by atoms with Gasteiger partial charge in [0.15, 0.2) is 5.65 Å². The van der Waals surface area contributed by atoms with E-state index in [9.17, 15) is 0 Å². The van der Waals surface area contributed by atoms with Gasteiger partial charge in [-0.1, -0.05) is 60.7 Å². The minimum Gasteiger partial charge on any atom is -0.351 e. The Balaban J connectivity index is 1.44. The van der Waals surface area contributed by atoms with Gasteiger partial charge in [0.2, 0.25) is 5.95 Å². The predicted molar refractivity (Wildman–Crippen MR) is 116 cm³/mol. The summed E-state index contributed by atoms with van der Waals surface area (Å²) < 4.78 is 0. The molecule has 0 unspecified atom stereocenters. The van der Waals surface area contributed by atoms with Crippen molar-refractivity contribution in [1.29, 1.82) is 0 Å². The summed E-state index contributed by atoms with van der Waals surface area (Å²) in [6.07, 6.45) is 1.86. The third kappa shape index (κ3) is 3.53. The van der Waals surface area contributed by atoms with Crippen LogP contribution >= 0.6 is 0 Å². The first kappa shape index (κ1) is 17.7. The van der Waals surface area contributed by atoms with E-state index < -0.39 is 0 Å². The maximum atomic E-state index is 4.97. The van der Waals surface area contributed by atoms with Crippen LogP contribution in [0.5, 0.6) is 0 Å². The molecule has 0 saturated heterocycles. The second-order valence-electron chi connectivity index (χ2n) is 7.56. The van der Waals surface area contributed by atoms with Crippen LogP contribution in [0.15, 0.2) is 60.7 Å². The van der Waals surface area contributed by atoms with Crippen molar-refractivity contribution >= 4 is 22.8 Å². The van der Waals surface area contributed by atoms with Crippen LogP contribution < -0.4 is 9.80 Å². The highest BCUT2D eigenvalue weighted by molar-refractivity contribution is 5.91. The first-order valence-electron chi connectivity index (χ1n) is 10.1. The number of nitrogens with one attached hydrogen (secondary N) is 1. The lowest BCUT2D eigenvalue weighted by atomic mass is 10.1. The summed E-state index contributed by atoms with van der Waals surface area (Å²) in [6.45, 7) is 2.60. The van der Waals surface area contributed by atoms with Gasteiger partial charge in [-0.05, 0) is 17.5 Å². The fraction of sp³-hybridized carbons (Fsp3) is 0.261. The molecule has 2 aromatic carbocycles. The fourth-order valence-electron chi connectivity index (χ4n) is 3.89. The first-order chi connectivity index (χ1) is 14.3. The zero-order valence-corrected chi connectivity index (χ0v) is 16.5. The third-order valence-electron chi connectivity index (χ3n) is 5.52. The molecule has 0 atom stereocenters. The van der Waals surface area contributed by atoms with Gasteiger partial charge in [0, 0.05) is 33.1 Å². The number of rotatable bonds is 6. The van der Waals surface area contributed by atoms with Crippen molar-refractivity contribution in [1.82, 2.24) is 20.2 Å². The Bertz CT molecular complexity index is 1110. The molecule has 6 heteroatoms. The smallest absolute Gasteiger partial charge is 0.229 e. The van der Waals surface area contributed by atoms with Crippen molar-refractivity contribution in [2.45, 2.75) is 19.4 Å². The van der Waals surface area contributed by atoms with Crippen molar-refractivity contribution in [2.75, 3.05) is 29.9 Å². The number of aromatic amines is 1. The summed E-state index contributed by atoms with van der Waals surface area (Å²) in [7, 11) is 2.05. The van der Waals surface area contributed by atoms with Gasteiger partial charge in [-0.2, -0.15) is 15.1 Å². The highest BCUT2D eigenvalue weighted by atomic mass is 15.3. The Labute approximate surface area is 170 Å². The molecule has 1 N–H and O–H groups in total. The molecule has 29 heavy (non-hydrogen) atoms. The Morgan fingerprint density at radius 3 is 2.45 bits per heavy atom. The maximum Gasteiger partial charge on any atom is 0.229 e. The van der Waals surface area contributed by atoms with Gasteiger partial charge >= 0.3 is 0 Å². The Morgan fingerprint density at radius 1 is 0.966 bits per heavy atom. The summed E-state index contributed by atoms with van der Waals surface area (Å²) >= 11 is 0. The number of anilines is 2. The summed E-state index contributed by atoms with van der Waals surface area (Å²) in [5.74, 6) is 1.72. The number of likely N-dealkylation sites (N-methyl/N-ethyl adjacent to an activating group) is 1. The van der Waals surface area contributed by atoms with E-state index in [4.69, 9.17) is 9.97 Å². The molecule has 1 aliphatic heterocycles. The lowest BCUT2D eigenvalue weighted by Crippen LogP contribution is -2.31. The lowest BCUT2D eigenvalue weighted by molar-refractivity contribution is 0.743. The molecular formula is C23H24N6. The van der Waals surface area contributed by atoms with Crippen molar-refractivity contribution in [2.24, 2.45) is 0 Å². The zero-order chi connectivity index (χ0) is 19.6. The van der Waals surface area contributed by atoms with E-state index in [-0.39, 0.29) is 0 Å². The third-order valence-corrected chi connectivity index (χ3v) is 5.52. The van der Waals surface area contributed by atoms with E-state index >= 15 is 0 Å². The topological polar surface area (TPSA) is 60.9 Å². The largest absolute Gasteiger partial charge is 0.351 e.